The molecule has 0 saturated heterocycles. The Balaban J connectivity index is 1.96. The van der Waals surface area contributed by atoms with Crippen LogP contribution in [0.5, 0.6) is 0 Å². The first-order valence-corrected chi connectivity index (χ1v) is 5.31. The van der Waals surface area contributed by atoms with Gasteiger partial charge in [0.1, 0.15) is 11.6 Å². The number of nitrogens with zero attached hydrogens (tertiary/aromatic N) is 1. The molecule has 0 fully saturated rings. The van der Waals surface area contributed by atoms with E-state index in [1.807, 2.05) is 0 Å². The van der Waals surface area contributed by atoms with Gasteiger partial charge in [0.2, 0.25) is 5.88 Å². The van der Waals surface area contributed by atoms with E-state index in [0.29, 0.717) is 17.2 Å². The fraction of sp³-hybridized carbons (Fsp3) is 0. The normalized spacial score (nSPS) is 10.7. The number of nitrogen functional groups attached to an aromatic ring is 1. The Hall–Kier alpha value is -2.56. The Morgan fingerprint density at radius 3 is 2.39 bits per heavy atom. The molecule has 2 N–H and O–H groups in total. The van der Waals surface area contributed by atoms with E-state index in [2.05, 4.69) is 5.16 Å². The molecule has 2 heterocycles. The highest BCUT2D eigenvalue weighted by atomic mass is 19.1. The summed E-state index contributed by atoms with van der Waals surface area (Å²) in [4.78, 5) is 0. The number of benzene rings is 1. The molecular formula is C13H9FN2O2. The summed E-state index contributed by atoms with van der Waals surface area (Å²) in [7, 11) is 0. The average molecular weight is 244 g/mol. The van der Waals surface area contributed by atoms with Crippen LogP contribution < -0.4 is 5.73 Å². The second-order valence-corrected chi connectivity index (χ2v) is 3.79. The molecule has 4 nitrogen and oxygen atoms in total. The molecule has 0 bridgehead atoms. The molecule has 2 aromatic heterocycles. The topological polar surface area (TPSA) is 65.2 Å². The summed E-state index contributed by atoms with van der Waals surface area (Å²) in [5, 5.41) is 3.75. The minimum atomic E-state index is -0.283. The summed E-state index contributed by atoms with van der Waals surface area (Å²) in [6.07, 6.45) is 0. The van der Waals surface area contributed by atoms with Crippen molar-refractivity contribution in [2.75, 3.05) is 5.73 Å². The van der Waals surface area contributed by atoms with Crippen molar-refractivity contribution in [3.63, 3.8) is 0 Å². The third-order valence-corrected chi connectivity index (χ3v) is 2.52. The van der Waals surface area contributed by atoms with Crippen LogP contribution in [-0.4, -0.2) is 5.16 Å². The Bertz CT molecular complexity index is 670. The number of rotatable bonds is 2. The molecule has 1 aromatic carbocycles. The lowest BCUT2D eigenvalue weighted by Crippen LogP contribution is -1.76. The molecule has 3 rings (SSSR count). The van der Waals surface area contributed by atoms with E-state index in [9.17, 15) is 4.39 Å². The van der Waals surface area contributed by atoms with Crippen LogP contribution in [0.4, 0.5) is 10.3 Å². The molecule has 0 unspecified atom stereocenters. The van der Waals surface area contributed by atoms with Crippen LogP contribution in [0.1, 0.15) is 0 Å². The summed E-state index contributed by atoms with van der Waals surface area (Å²) < 4.78 is 23.2. The molecule has 0 spiro atoms. The van der Waals surface area contributed by atoms with Crippen molar-refractivity contribution in [1.82, 2.24) is 5.16 Å². The van der Waals surface area contributed by atoms with Gasteiger partial charge in [-0.25, -0.2) is 4.39 Å². The van der Waals surface area contributed by atoms with Crippen LogP contribution in [0, 0.1) is 5.82 Å². The predicted molar refractivity (Wildman–Crippen MR) is 64.0 cm³/mol. The van der Waals surface area contributed by atoms with Crippen molar-refractivity contribution in [3.05, 3.63) is 48.3 Å². The van der Waals surface area contributed by atoms with Crippen LogP contribution in [0.2, 0.25) is 0 Å². The highest BCUT2D eigenvalue weighted by Crippen LogP contribution is 2.28. The first-order chi connectivity index (χ1) is 8.72. The molecule has 0 amide bonds. The zero-order valence-electron chi connectivity index (χ0n) is 9.26. The zero-order valence-corrected chi connectivity index (χ0v) is 9.26. The Morgan fingerprint density at radius 1 is 1.00 bits per heavy atom. The zero-order chi connectivity index (χ0) is 12.5. The Labute approximate surface area is 102 Å². The quantitative estimate of drug-likeness (QED) is 0.750. The van der Waals surface area contributed by atoms with Gasteiger partial charge in [0.15, 0.2) is 11.5 Å². The standard InChI is InChI=1S/C13H9FN2O2/c14-9-3-1-8(2-4-9)11-5-6-12(17-11)10-7-13(15)18-16-10/h1-7H,15H2. The maximum atomic E-state index is 12.8. The molecule has 0 aliphatic rings. The van der Waals surface area contributed by atoms with Crippen molar-refractivity contribution < 1.29 is 13.3 Å². The van der Waals surface area contributed by atoms with E-state index in [1.54, 1.807) is 30.3 Å². The molecule has 0 atom stereocenters. The minimum absolute atomic E-state index is 0.227. The molecule has 0 aliphatic heterocycles. The number of hydrogen-bond donors (Lipinski definition) is 1. The van der Waals surface area contributed by atoms with Crippen molar-refractivity contribution in [3.8, 4) is 22.8 Å². The minimum Gasteiger partial charge on any atom is -0.454 e. The lowest BCUT2D eigenvalue weighted by atomic mass is 10.2. The Kier molecular flexibility index (Phi) is 2.37. The molecule has 0 radical (unpaired) electrons. The molecule has 5 heteroatoms. The monoisotopic (exact) mass is 244 g/mol. The highest BCUT2D eigenvalue weighted by molar-refractivity contribution is 5.63. The van der Waals surface area contributed by atoms with Gasteiger partial charge in [0.25, 0.3) is 0 Å². The van der Waals surface area contributed by atoms with Gasteiger partial charge in [-0.1, -0.05) is 5.16 Å². The van der Waals surface area contributed by atoms with Gasteiger partial charge < -0.3 is 14.7 Å². The van der Waals surface area contributed by atoms with Gasteiger partial charge in [-0.3, -0.25) is 0 Å². The second-order valence-electron chi connectivity index (χ2n) is 3.79. The summed E-state index contributed by atoms with van der Waals surface area (Å²) in [5.41, 5.74) is 6.76. The predicted octanol–water partition coefficient (Wildman–Crippen LogP) is 3.32. The second kappa shape index (κ2) is 4.03. The van der Waals surface area contributed by atoms with Crippen LogP contribution in [0.25, 0.3) is 22.8 Å². The number of anilines is 1. The molecular weight excluding hydrogens is 235 g/mol. The van der Waals surface area contributed by atoms with Gasteiger partial charge in [-0.05, 0) is 36.4 Å². The number of furan rings is 1. The van der Waals surface area contributed by atoms with Gasteiger partial charge >= 0.3 is 0 Å². The van der Waals surface area contributed by atoms with Gasteiger partial charge in [0.05, 0.1) is 0 Å². The van der Waals surface area contributed by atoms with Crippen LogP contribution in [0.15, 0.2) is 51.4 Å². The molecule has 0 aliphatic carbocycles. The van der Waals surface area contributed by atoms with Crippen molar-refractivity contribution in [2.24, 2.45) is 0 Å². The maximum Gasteiger partial charge on any atom is 0.222 e. The lowest BCUT2D eigenvalue weighted by Gasteiger charge is -1.96. The van der Waals surface area contributed by atoms with E-state index in [4.69, 9.17) is 14.7 Å². The first-order valence-electron chi connectivity index (χ1n) is 5.31. The van der Waals surface area contributed by atoms with Gasteiger partial charge in [0, 0.05) is 11.6 Å². The fourth-order valence-corrected chi connectivity index (χ4v) is 1.65. The number of aromatic nitrogens is 1. The van der Waals surface area contributed by atoms with Crippen LogP contribution in [-0.2, 0) is 0 Å². The van der Waals surface area contributed by atoms with Crippen LogP contribution >= 0.6 is 0 Å². The molecule has 0 saturated carbocycles. The molecule has 3 aromatic rings. The molecule has 18 heavy (non-hydrogen) atoms. The number of nitrogens with two attached hydrogens (primary N) is 1. The lowest BCUT2D eigenvalue weighted by molar-refractivity contribution is 0.436. The van der Waals surface area contributed by atoms with Crippen molar-refractivity contribution in [1.29, 1.82) is 0 Å². The van der Waals surface area contributed by atoms with Gasteiger partial charge in [-0.2, -0.15) is 0 Å². The van der Waals surface area contributed by atoms with E-state index in [1.165, 1.54) is 12.1 Å². The van der Waals surface area contributed by atoms with E-state index in [-0.39, 0.29) is 11.7 Å². The van der Waals surface area contributed by atoms with E-state index < -0.39 is 0 Å². The van der Waals surface area contributed by atoms with E-state index in [0.717, 1.165) is 5.56 Å². The summed E-state index contributed by atoms with van der Waals surface area (Å²) in [6, 6.07) is 11.2. The SMILES string of the molecule is Nc1cc(-c2ccc(-c3ccc(F)cc3)o2)no1. The van der Waals surface area contributed by atoms with Gasteiger partial charge in [-0.15, -0.1) is 0 Å². The summed E-state index contributed by atoms with van der Waals surface area (Å²) in [6.45, 7) is 0. The summed E-state index contributed by atoms with van der Waals surface area (Å²) in [5.74, 6) is 1.13. The largest absolute Gasteiger partial charge is 0.454 e. The molecule has 90 valence electrons. The fourth-order valence-electron chi connectivity index (χ4n) is 1.65. The Morgan fingerprint density at radius 2 is 1.72 bits per heavy atom. The van der Waals surface area contributed by atoms with Crippen molar-refractivity contribution in [2.45, 2.75) is 0 Å². The average Bonchev–Trinajstić information content (AvgIpc) is 2.98. The highest BCUT2D eigenvalue weighted by Gasteiger charge is 2.10. The maximum absolute atomic E-state index is 12.8. The number of halogens is 1. The van der Waals surface area contributed by atoms with E-state index >= 15 is 0 Å². The first kappa shape index (κ1) is 10.6. The number of hydrogen-bond acceptors (Lipinski definition) is 4. The van der Waals surface area contributed by atoms with Crippen molar-refractivity contribution >= 4 is 5.88 Å². The third kappa shape index (κ3) is 1.86. The summed E-state index contributed by atoms with van der Waals surface area (Å²) >= 11 is 0. The van der Waals surface area contributed by atoms with Crippen LogP contribution in [0.3, 0.4) is 0 Å². The third-order valence-electron chi connectivity index (χ3n) is 2.52. The smallest absolute Gasteiger partial charge is 0.222 e.